The van der Waals surface area contributed by atoms with Crippen molar-refractivity contribution in [1.29, 1.82) is 0 Å². The summed E-state index contributed by atoms with van der Waals surface area (Å²) < 4.78 is 4.35. The molecule has 1 fully saturated rings. The molecule has 19 heavy (non-hydrogen) atoms. The Morgan fingerprint density at radius 1 is 1.26 bits per heavy atom. The maximum atomic E-state index is 6.48. The molecule has 1 N–H and O–H groups in total. The fraction of sp³-hybridized carbons (Fsp3) is 0.615. The number of aromatic nitrogens is 3. The Hall–Kier alpha value is -0.940. The average molecular weight is 297 g/mol. The zero-order valence-electron chi connectivity index (χ0n) is 10.9. The lowest BCUT2D eigenvalue weighted by atomic mass is 10.1. The van der Waals surface area contributed by atoms with E-state index < -0.39 is 0 Å². The van der Waals surface area contributed by atoms with E-state index in [1.165, 1.54) is 30.8 Å². The predicted octanol–water partition coefficient (Wildman–Crippen LogP) is 3.75. The minimum atomic E-state index is 0.180. The van der Waals surface area contributed by atoms with Gasteiger partial charge in [0.25, 0.3) is 0 Å². The first-order valence-electron chi connectivity index (χ1n) is 6.73. The number of hydrogen-bond donors (Lipinski definition) is 1. The lowest BCUT2D eigenvalue weighted by molar-refractivity contribution is 0.625. The molecule has 0 spiro atoms. The molecular weight excluding hydrogens is 280 g/mol. The molecule has 2 unspecified atom stereocenters. The van der Waals surface area contributed by atoms with Crippen molar-refractivity contribution in [3.05, 3.63) is 12.0 Å². The molecule has 0 aromatic carbocycles. The molecule has 2 heterocycles. The van der Waals surface area contributed by atoms with Crippen molar-refractivity contribution in [2.45, 2.75) is 50.4 Å². The first kappa shape index (κ1) is 13.1. The summed E-state index contributed by atoms with van der Waals surface area (Å²) in [6.45, 7) is 2.00. The van der Waals surface area contributed by atoms with Crippen molar-refractivity contribution in [3.8, 4) is 0 Å². The minimum absolute atomic E-state index is 0.180. The summed E-state index contributed by atoms with van der Waals surface area (Å²) in [5, 5.41) is 4.75. The van der Waals surface area contributed by atoms with Crippen LogP contribution in [-0.2, 0) is 0 Å². The molecule has 0 bridgehead atoms. The van der Waals surface area contributed by atoms with Crippen LogP contribution in [0.4, 0.5) is 5.82 Å². The van der Waals surface area contributed by atoms with E-state index in [9.17, 15) is 0 Å². The highest BCUT2D eigenvalue weighted by Gasteiger charge is 2.23. The largest absolute Gasteiger partial charge is 0.365 e. The van der Waals surface area contributed by atoms with Gasteiger partial charge in [-0.2, -0.15) is 4.37 Å². The number of alkyl halides is 1. The second-order valence-corrected chi connectivity index (χ2v) is 6.39. The molecule has 1 saturated carbocycles. The fourth-order valence-corrected chi connectivity index (χ4v) is 3.72. The Labute approximate surface area is 121 Å². The highest BCUT2D eigenvalue weighted by atomic mass is 35.5. The van der Waals surface area contributed by atoms with Gasteiger partial charge in [-0.3, -0.25) is 0 Å². The van der Waals surface area contributed by atoms with E-state index in [0.29, 0.717) is 6.04 Å². The summed E-state index contributed by atoms with van der Waals surface area (Å²) in [6, 6.07) is 0.293. The Kier molecular flexibility index (Phi) is 3.84. The van der Waals surface area contributed by atoms with Crippen LogP contribution in [0.2, 0.25) is 0 Å². The van der Waals surface area contributed by atoms with Crippen molar-refractivity contribution in [1.82, 2.24) is 14.3 Å². The van der Waals surface area contributed by atoms with Gasteiger partial charge < -0.3 is 5.32 Å². The second-order valence-electron chi connectivity index (χ2n) is 5.08. The summed E-state index contributed by atoms with van der Waals surface area (Å²) >= 11 is 7.90. The zero-order chi connectivity index (χ0) is 13.2. The highest BCUT2D eigenvalue weighted by molar-refractivity contribution is 7.13. The van der Waals surface area contributed by atoms with Crippen LogP contribution in [0.5, 0.6) is 0 Å². The Morgan fingerprint density at radius 2 is 2.11 bits per heavy atom. The van der Waals surface area contributed by atoms with Gasteiger partial charge in [0.2, 0.25) is 0 Å². The molecule has 102 valence electrons. The van der Waals surface area contributed by atoms with Gasteiger partial charge in [0.15, 0.2) is 0 Å². The van der Waals surface area contributed by atoms with E-state index in [1.807, 2.05) is 6.92 Å². The number of hydrogen-bond acceptors (Lipinski definition) is 5. The SMILES string of the molecule is Cc1nsc2ncnc(NC3CCCCCC3Cl)c12. The van der Waals surface area contributed by atoms with Crippen molar-refractivity contribution in [2.75, 3.05) is 5.32 Å². The maximum Gasteiger partial charge on any atom is 0.149 e. The molecule has 2 aromatic rings. The normalized spacial score (nSPS) is 24.3. The maximum absolute atomic E-state index is 6.48. The molecule has 6 heteroatoms. The lowest BCUT2D eigenvalue weighted by Crippen LogP contribution is -2.29. The molecule has 1 aliphatic carbocycles. The molecule has 0 aliphatic heterocycles. The number of aryl methyl sites for hydroxylation is 1. The molecule has 2 atom stereocenters. The van der Waals surface area contributed by atoms with E-state index in [-0.39, 0.29) is 5.38 Å². The molecular formula is C13H17ClN4S. The van der Waals surface area contributed by atoms with Gasteiger partial charge in [-0.15, -0.1) is 11.6 Å². The number of anilines is 1. The van der Waals surface area contributed by atoms with Crippen LogP contribution >= 0.6 is 23.1 Å². The third-order valence-corrected chi connectivity index (χ3v) is 5.07. The van der Waals surface area contributed by atoms with Gasteiger partial charge in [0.1, 0.15) is 17.0 Å². The van der Waals surface area contributed by atoms with E-state index in [2.05, 4.69) is 19.7 Å². The van der Waals surface area contributed by atoms with Gasteiger partial charge >= 0.3 is 0 Å². The van der Waals surface area contributed by atoms with Gasteiger partial charge in [-0.1, -0.05) is 19.3 Å². The average Bonchev–Trinajstić information content (AvgIpc) is 2.67. The first-order chi connectivity index (χ1) is 9.25. The number of nitrogens with zero attached hydrogens (tertiary/aromatic N) is 3. The van der Waals surface area contributed by atoms with Gasteiger partial charge in [0, 0.05) is 6.04 Å². The molecule has 0 saturated heterocycles. The van der Waals surface area contributed by atoms with Gasteiger partial charge in [-0.05, 0) is 31.3 Å². The monoisotopic (exact) mass is 296 g/mol. The number of rotatable bonds is 2. The van der Waals surface area contributed by atoms with Crippen molar-refractivity contribution >= 4 is 39.2 Å². The fourth-order valence-electron chi connectivity index (χ4n) is 2.63. The quantitative estimate of drug-likeness (QED) is 0.677. The molecule has 3 rings (SSSR count). The van der Waals surface area contributed by atoms with Gasteiger partial charge in [-0.25, -0.2) is 9.97 Å². The molecule has 0 amide bonds. The molecule has 2 aromatic heterocycles. The number of halogens is 1. The molecule has 1 aliphatic rings. The lowest BCUT2D eigenvalue weighted by Gasteiger charge is -2.22. The number of nitrogens with one attached hydrogen (secondary N) is 1. The molecule has 0 radical (unpaired) electrons. The van der Waals surface area contributed by atoms with Crippen molar-refractivity contribution in [3.63, 3.8) is 0 Å². The summed E-state index contributed by atoms with van der Waals surface area (Å²) in [6.07, 6.45) is 7.52. The van der Waals surface area contributed by atoms with Crippen LogP contribution in [0.25, 0.3) is 10.2 Å². The van der Waals surface area contributed by atoms with E-state index in [1.54, 1.807) is 6.33 Å². The van der Waals surface area contributed by atoms with Crippen molar-refractivity contribution < 1.29 is 0 Å². The summed E-state index contributed by atoms with van der Waals surface area (Å²) in [5.41, 5.74) is 0.989. The number of fused-ring (bicyclic) bond motifs is 1. The predicted molar refractivity (Wildman–Crippen MR) is 80.1 cm³/mol. The Morgan fingerprint density at radius 3 is 3.00 bits per heavy atom. The zero-order valence-corrected chi connectivity index (χ0v) is 12.5. The van der Waals surface area contributed by atoms with E-state index in [4.69, 9.17) is 11.6 Å². The highest BCUT2D eigenvalue weighted by Crippen LogP contribution is 2.29. The van der Waals surface area contributed by atoms with Gasteiger partial charge in [0.05, 0.1) is 16.5 Å². The van der Waals surface area contributed by atoms with Crippen LogP contribution in [0.15, 0.2) is 6.33 Å². The summed E-state index contributed by atoms with van der Waals surface area (Å²) in [5.74, 6) is 0.883. The van der Waals surface area contributed by atoms with Crippen molar-refractivity contribution in [2.24, 2.45) is 0 Å². The topological polar surface area (TPSA) is 50.7 Å². The van der Waals surface area contributed by atoms with E-state index in [0.717, 1.165) is 34.6 Å². The first-order valence-corrected chi connectivity index (χ1v) is 7.94. The summed E-state index contributed by atoms with van der Waals surface area (Å²) in [7, 11) is 0. The summed E-state index contributed by atoms with van der Waals surface area (Å²) in [4.78, 5) is 9.59. The third-order valence-electron chi connectivity index (χ3n) is 3.70. The minimum Gasteiger partial charge on any atom is -0.365 e. The Bertz CT molecular complexity index is 571. The van der Waals surface area contributed by atoms with Crippen LogP contribution in [-0.4, -0.2) is 25.8 Å². The Balaban J connectivity index is 1.89. The standard InChI is InChI=1S/C13H17ClN4S/c1-8-11-12(15-7-16-13(11)19-18-8)17-10-6-4-2-3-5-9(10)14/h7,9-10H,2-6H2,1H3,(H,15,16,17). The van der Waals surface area contributed by atoms with E-state index >= 15 is 0 Å². The van der Waals surface area contributed by atoms with Crippen LogP contribution < -0.4 is 5.32 Å². The van der Waals surface area contributed by atoms with Crippen LogP contribution in [0.1, 0.15) is 37.8 Å². The van der Waals surface area contributed by atoms with Crippen LogP contribution in [0, 0.1) is 6.92 Å². The second kappa shape index (κ2) is 5.59. The van der Waals surface area contributed by atoms with Crippen LogP contribution in [0.3, 0.4) is 0 Å². The smallest absolute Gasteiger partial charge is 0.149 e. The molecule has 4 nitrogen and oxygen atoms in total. The third kappa shape index (κ3) is 2.67.